The van der Waals surface area contributed by atoms with Crippen molar-refractivity contribution in [1.82, 2.24) is 0 Å². The third kappa shape index (κ3) is 5.01. The van der Waals surface area contributed by atoms with E-state index in [1.165, 1.54) is 19.2 Å². The van der Waals surface area contributed by atoms with Crippen LogP contribution in [0.25, 0.3) is 0 Å². The van der Waals surface area contributed by atoms with E-state index in [0.717, 1.165) is 25.9 Å². The number of rotatable bonds is 7. The van der Waals surface area contributed by atoms with Crippen LogP contribution < -0.4 is 15.0 Å². The molecule has 9 nitrogen and oxygen atoms in total. The van der Waals surface area contributed by atoms with Crippen molar-refractivity contribution >= 4 is 28.9 Å². The molecule has 1 heterocycles. The van der Waals surface area contributed by atoms with Crippen LogP contribution in [-0.2, 0) is 9.53 Å². The Morgan fingerprint density at radius 1 is 1.17 bits per heavy atom. The van der Waals surface area contributed by atoms with Crippen molar-refractivity contribution in [2.75, 3.05) is 37.0 Å². The van der Waals surface area contributed by atoms with Crippen molar-refractivity contribution in [2.45, 2.75) is 12.8 Å². The summed E-state index contributed by atoms with van der Waals surface area (Å²) in [5.74, 6) is -0.762. The van der Waals surface area contributed by atoms with Gasteiger partial charge in [0.25, 0.3) is 11.6 Å². The number of carbonyl (C=O) groups is 2. The minimum absolute atomic E-state index is 0.0221. The molecule has 29 heavy (non-hydrogen) atoms. The first-order chi connectivity index (χ1) is 14.0. The molecule has 0 spiro atoms. The highest BCUT2D eigenvalue weighted by atomic mass is 16.6. The second kappa shape index (κ2) is 9.05. The number of anilines is 2. The highest BCUT2D eigenvalue weighted by molar-refractivity contribution is 5.96. The van der Waals surface area contributed by atoms with Crippen LogP contribution in [0.2, 0.25) is 0 Å². The van der Waals surface area contributed by atoms with Crippen molar-refractivity contribution in [2.24, 2.45) is 0 Å². The molecule has 0 atom stereocenters. The minimum atomic E-state index is -0.804. The van der Waals surface area contributed by atoms with E-state index in [1.54, 1.807) is 30.3 Å². The number of amides is 1. The Balaban J connectivity index is 1.63. The molecule has 0 aromatic heterocycles. The largest absolute Gasteiger partial charge is 0.497 e. The van der Waals surface area contributed by atoms with Gasteiger partial charge in [0.15, 0.2) is 6.61 Å². The van der Waals surface area contributed by atoms with E-state index in [9.17, 15) is 19.7 Å². The Labute approximate surface area is 167 Å². The van der Waals surface area contributed by atoms with E-state index in [-0.39, 0.29) is 11.3 Å². The molecular formula is C20H21N3O6. The summed E-state index contributed by atoms with van der Waals surface area (Å²) in [4.78, 5) is 37.1. The lowest BCUT2D eigenvalue weighted by molar-refractivity contribution is -0.384. The molecule has 0 aliphatic carbocycles. The first-order valence-electron chi connectivity index (χ1n) is 9.12. The fourth-order valence-corrected chi connectivity index (χ4v) is 3.13. The van der Waals surface area contributed by atoms with Crippen molar-refractivity contribution in [3.63, 3.8) is 0 Å². The fraction of sp³-hybridized carbons (Fsp3) is 0.300. The number of methoxy groups -OCH3 is 1. The Kier molecular flexibility index (Phi) is 6.28. The van der Waals surface area contributed by atoms with Gasteiger partial charge in [-0.3, -0.25) is 14.9 Å². The molecule has 152 valence electrons. The fourth-order valence-electron chi connectivity index (χ4n) is 3.13. The van der Waals surface area contributed by atoms with Gasteiger partial charge in [-0.15, -0.1) is 0 Å². The molecule has 1 amide bonds. The first-order valence-corrected chi connectivity index (χ1v) is 9.12. The molecule has 9 heteroatoms. The number of nitro benzene ring substituents is 1. The monoisotopic (exact) mass is 399 g/mol. The third-order valence-electron chi connectivity index (χ3n) is 4.54. The average Bonchev–Trinajstić information content (AvgIpc) is 3.26. The summed E-state index contributed by atoms with van der Waals surface area (Å²) < 4.78 is 10.1. The van der Waals surface area contributed by atoms with Crippen molar-refractivity contribution in [3.05, 3.63) is 58.1 Å². The molecule has 2 aromatic carbocycles. The maximum absolute atomic E-state index is 12.3. The van der Waals surface area contributed by atoms with E-state index < -0.39 is 23.4 Å². The highest BCUT2D eigenvalue weighted by Gasteiger charge is 2.24. The van der Waals surface area contributed by atoms with Gasteiger partial charge in [0, 0.05) is 30.9 Å². The van der Waals surface area contributed by atoms with Gasteiger partial charge in [0.1, 0.15) is 11.4 Å². The van der Waals surface area contributed by atoms with E-state index in [4.69, 9.17) is 9.47 Å². The summed E-state index contributed by atoms with van der Waals surface area (Å²) in [5.41, 5.74) is 0.854. The summed E-state index contributed by atoms with van der Waals surface area (Å²) in [7, 11) is 1.51. The number of ether oxygens (including phenoxy) is 2. The van der Waals surface area contributed by atoms with E-state index >= 15 is 0 Å². The summed E-state index contributed by atoms with van der Waals surface area (Å²) >= 11 is 0. The first kappa shape index (κ1) is 20.1. The molecule has 1 saturated heterocycles. The van der Waals surface area contributed by atoms with Crippen LogP contribution in [0, 0.1) is 10.1 Å². The zero-order chi connectivity index (χ0) is 20.8. The number of hydrogen-bond donors (Lipinski definition) is 1. The maximum atomic E-state index is 12.3. The second-order valence-electron chi connectivity index (χ2n) is 6.51. The van der Waals surface area contributed by atoms with Gasteiger partial charge < -0.3 is 19.7 Å². The molecule has 0 bridgehead atoms. The normalized spacial score (nSPS) is 13.1. The van der Waals surface area contributed by atoms with Crippen LogP contribution in [0.15, 0.2) is 42.5 Å². The van der Waals surface area contributed by atoms with Crippen LogP contribution in [0.5, 0.6) is 5.75 Å². The molecular weight excluding hydrogens is 378 g/mol. The van der Waals surface area contributed by atoms with Crippen LogP contribution in [0.3, 0.4) is 0 Å². The summed E-state index contributed by atoms with van der Waals surface area (Å²) in [6, 6.07) is 11.0. The summed E-state index contributed by atoms with van der Waals surface area (Å²) in [6.07, 6.45) is 1.95. The Bertz CT molecular complexity index is 924. The highest BCUT2D eigenvalue weighted by Crippen LogP contribution is 2.31. The number of hydrogen-bond acceptors (Lipinski definition) is 7. The number of nitro groups is 1. The Hall–Kier alpha value is -3.62. The van der Waals surface area contributed by atoms with Gasteiger partial charge in [0.2, 0.25) is 0 Å². The number of carbonyl (C=O) groups excluding carboxylic acids is 2. The van der Waals surface area contributed by atoms with E-state index in [0.29, 0.717) is 17.1 Å². The van der Waals surface area contributed by atoms with Crippen molar-refractivity contribution in [1.29, 1.82) is 0 Å². The molecule has 1 aliphatic rings. The average molecular weight is 399 g/mol. The molecule has 3 rings (SSSR count). The number of esters is 1. The molecule has 1 aliphatic heterocycles. The minimum Gasteiger partial charge on any atom is -0.497 e. The SMILES string of the molecule is COc1cccc(NC(=O)COC(=O)c2ccc(N3CCCC3)c([N+](=O)[O-])c2)c1. The standard InChI is InChI=1S/C20H21N3O6/c1-28-16-6-4-5-15(12-16)21-19(24)13-29-20(25)14-7-8-17(18(11-14)23(26)27)22-9-2-3-10-22/h4-8,11-12H,2-3,9-10,13H2,1H3,(H,21,24). The molecule has 1 fully saturated rings. The van der Waals surface area contributed by atoms with Gasteiger partial charge >= 0.3 is 5.97 Å². The Morgan fingerprint density at radius 3 is 2.62 bits per heavy atom. The van der Waals surface area contributed by atoms with Crippen LogP contribution in [0.4, 0.5) is 17.1 Å². The van der Waals surface area contributed by atoms with Gasteiger partial charge in [-0.1, -0.05) is 6.07 Å². The predicted molar refractivity (Wildman–Crippen MR) is 106 cm³/mol. The van der Waals surface area contributed by atoms with Crippen LogP contribution in [-0.4, -0.2) is 43.6 Å². The molecule has 0 unspecified atom stereocenters. The van der Waals surface area contributed by atoms with Crippen molar-refractivity contribution < 1.29 is 24.0 Å². The predicted octanol–water partition coefficient (Wildman–Crippen LogP) is 3.00. The van der Waals surface area contributed by atoms with Gasteiger partial charge in [0.05, 0.1) is 17.6 Å². The second-order valence-corrected chi connectivity index (χ2v) is 6.51. The number of nitrogens with zero attached hydrogens (tertiary/aromatic N) is 2. The Morgan fingerprint density at radius 2 is 1.93 bits per heavy atom. The van der Waals surface area contributed by atoms with Crippen LogP contribution >= 0.6 is 0 Å². The topological polar surface area (TPSA) is 111 Å². The maximum Gasteiger partial charge on any atom is 0.338 e. The van der Waals surface area contributed by atoms with Gasteiger partial charge in [-0.25, -0.2) is 4.79 Å². The quantitative estimate of drug-likeness (QED) is 0.433. The van der Waals surface area contributed by atoms with E-state index in [1.807, 2.05) is 4.90 Å². The number of nitrogens with one attached hydrogen (secondary N) is 1. The lowest BCUT2D eigenvalue weighted by Gasteiger charge is -2.17. The zero-order valence-corrected chi connectivity index (χ0v) is 15.9. The summed E-state index contributed by atoms with van der Waals surface area (Å²) in [6.45, 7) is 0.974. The van der Waals surface area contributed by atoms with Crippen molar-refractivity contribution in [3.8, 4) is 5.75 Å². The zero-order valence-electron chi connectivity index (χ0n) is 15.9. The third-order valence-corrected chi connectivity index (χ3v) is 4.54. The number of benzene rings is 2. The van der Waals surface area contributed by atoms with E-state index in [2.05, 4.69) is 5.32 Å². The van der Waals surface area contributed by atoms with Crippen LogP contribution in [0.1, 0.15) is 23.2 Å². The van der Waals surface area contributed by atoms with Gasteiger partial charge in [-0.05, 0) is 37.1 Å². The molecule has 0 radical (unpaired) electrons. The molecule has 0 saturated carbocycles. The lowest BCUT2D eigenvalue weighted by atomic mass is 10.1. The van der Waals surface area contributed by atoms with Gasteiger partial charge in [-0.2, -0.15) is 0 Å². The molecule has 2 aromatic rings. The smallest absolute Gasteiger partial charge is 0.338 e. The molecule has 1 N–H and O–H groups in total. The summed E-state index contributed by atoms with van der Waals surface area (Å²) in [5, 5.41) is 14.0. The lowest BCUT2D eigenvalue weighted by Crippen LogP contribution is -2.21.